The van der Waals surface area contributed by atoms with Gasteiger partial charge in [-0.1, -0.05) is 6.07 Å². The van der Waals surface area contributed by atoms with Gasteiger partial charge in [0.15, 0.2) is 5.96 Å². The molecule has 0 unspecified atom stereocenters. The molecule has 0 bridgehead atoms. The second-order valence-corrected chi connectivity index (χ2v) is 6.54. The van der Waals surface area contributed by atoms with Gasteiger partial charge in [0, 0.05) is 19.1 Å². The number of nitrogens with one attached hydrogen (secondary N) is 1. The highest BCUT2D eigenvalue weighted by atomic mass is 16.6. The molecule has 0 aromatic heterocycles. The summed E-state index contributed by atoms with van der Waals surface area (Å²) < 4.78 is 10.7. The summed E-state index contributed by atoms with van der Waals surface area (Å²) in [6.45, 7) is 8.62. The highest BCUT2D eigenvalue weighted by Gasteiger charge is 2.23. The third-order valence-corrected chi connectivity index (χ3v) is 4.21. The molecule has 1 aliphatic rings. The Morgan fingerprint density at radius 3 is 2.54 bits per heavy atom. The lowest BCUT2D eigenvalue weighted by atomic mass is 10.1. The average molecular weight is 362 g/mol. The van der Waals surface area contributed by atoms with Gasteiger partial charge < -0.3 is 25.4 Å². The lowest BCUT2D eigenvalue weighted by Crippen LogP contribution is -2.48. The van der Waals surface area contributed by atoms with Crippen molar-refractivity contribution in [2.75, 3.05) is 32.8 Å². The number of aliphatic imine (C=N–C) groups is 1. The van der Waals surface area contributed by atoms with Crippen LogP contribution < -0.4 is 15.8 Å². The SMILES string of the molecule is CCOC(=O)N1CCC(NC(N)=NCCOc2cc(C)cc(C)c2)CC1. The lowest BCUT2D eigenvalue weighted by molar-refractivity contribution is 0.0963. The summed E-state index contributed by atoms with van der Waals surface area (Å²) in [5.41, 5.74) is 8.31. The Hall–Kier alpha value is -2.44. The molecule has 0 atom stereocenters. The van der Waals surface area contributed by atoms with Crippen LogP contribution in [0.15, 0.2) is 23.2 Å². The van der Waals surface area contributed by atoms with Gasteiger partial charge in [-0.15, -0.1) is 0 Å². The first kappa shape index (κ1) is 19.9. The van der Waals surface area contributed by atoms with E-state index < -0.39 is 0 Å². The molecule has 1 aromatic carbocycles. The molecule has 1 amide bonds. The van der Waals surface area contributed by atoms with Crippen LogP contribution in [0.3, 0.4) is 0 Å². The standard InChI is InChI=1S/C19H30N4O3/c1-4-25-19(24)23-8-5-16(6-9-23)22-18(20)21-7-10-26-17-12-14(2)11-15(3)13-17/h11-13,16H,4-10H2,1-3H3,(H3,20,21,22). The molecule has 7 heteroatoms. The van der Waals surface area contributed by atoms with Crippen LogP contribution in [0.25, 0.3) is 0 Å². The first-order valence-electron chi connectivity index (χ1n) is 9.17. The summed E-state index contributed by atoms with van der Waals surface area (Å²) in [5.74, 6) is 1.28. The van der Waals surface area contributed by atoms with E-state index in [2.05, 4.69) is 16.4 Å². The number of ether oxygens (including phenoxy) is 2. The van der Waals surface area contributed by atoms with Crippen LogP contribution in [0.4, 0.5) is 4.79 Å². The Labute approximate surface area is 155 Å². The summed E-state index contributed by atoms with van der Waals surface area (Å²) in [6.07, 6.45) is 1.42. The Balaban J connectivity index is 1.68. The molecule has 0 spiro atoms. The third kappa shape index (κ3) is 6.46. The summed E-state index contributed by atoms with van der Waals surface area (Å²) in [7, 11) is 0. The van der Waals surface area contributed by atoms with E-state index in [4.69, 9.17) is 15.2 Å². The summed E-state index contributed by atoms with van der Waals surface area (Å²) in [6, 6.07) is 6.36. The number of hydrogen-bond donors (Lipinski definition) is 2. The molecule has 0 saturated carbocycles. The maximum atomic E-state index is 11.7. The highest BCUT2D eigenvalue weighted by molar-refractivity contribution is 5.78. The lowest BCUT2D eigenvalue weighted by Gasteiger charge is -2.31. The zero-order valence-electron chi connectivity index (χ0n) is 16.0. The zero-order chi connectivity index (χ0) is 18.9. The van der Waals surface area contributed by atoms with Crippen molar-refractivity contribution in [3.05, 3.63) is 29.3 Å². The number of rotatable bonds is 6. The topological polar surface area (TPSA) is 89.2 Å². The van der Waals surface area contributed by atoms with E-state index in [0.29, 0.717) is 38.8 Å². The molecule has 1 aromatic rings. The largest absolute Gasteiger partial charge is 0.492 e. The maximum Gasteiger partial charge on any atom is 0.409 e. The summed E-state index contributed by atoms with van der Waals surface area (Å²) in [4.78, 5) is 17.7. The van der Waals surface area contributed by atoms with E-state index in [1.807, 2.05) is 32.9 Å². The molecule has 1 aliphatic heterocycles. The molecule has 1 fully saturated rings. The van der Waals surface area contributed by atoms with Crippen LogP contribution in [0, 0.1) is 13.8 Å². The minimum Gasteiger partial charge on any atom is -0.492 e. The van der Waals surface area contributed by atoms with Crippen LogP contribution in [0.5, 0.6) is 5.75 Å². The molecule has 144 valence electrons. The smallest absolute Gasteiger partial charge is 0.409 e. The van der Waals surface area contributed by atoms with Crippen LogP contribution in [-0.4, -0.2) is 55.8 Å². The normalized spacial score (nSPS) is 15.7. The van der Waals surface area contributed by atoms with Crippen molar-refractivity contribution < 1.29 is 14.3 Å². The van der Waals surface area contributed by atoms with E-state index in [0.717, 1.165) is 18.6 Å². The first-order valence-corrected chi connectivity index (χ1v) is 9.17. The minimum absolute atomic E-state index is 0.227. The predicted molar refractivity (Wildman–Crippen MR) is 103 cm³/mol. The Morgan fingerprint density at radius 2 is 1.92 bits per heavy atom. The van der Waals surface area contributed by atoms with E-state index in [1.165, 1.54) is 11.1 Å². The van der Waals surface area contributed by atoms with Crippen molar-refractivity contribution in [3.63, 3.8) is 0 Å². The molecular formula is C19H30N4O3. The Morgan fingerprint density at radius 1 is 1.27 bits per heavy atom. The molecular weight excluding hydrogens is 332 g/mol. The molecule has 1 saturated heterocycles. The van der Waals surface area contributed by atoms with Gasteiger partial charge in [-0.25, -0.2) is 9.79 Å². The molecule has 26 heavy (non-hydrogen) atoms. The van der Waals surface area contributed by atoms with E-state index in [1.54, 1.807) is 4.90 Å². The number of benzene rings is 1. The number of carbonyl (C=O) groups is 1. The van der Waals surface area contributed by atoms with Crippen molar-refractivity contribution in [3.8, 4) is 5.75 Å². The first-order chi connectivity index (χ1) is 12.5. The third-order valence-electron chi connectivity index (χ3n) is 4.21. The summed E-state index contributed by atoms with van der Waals surface area (Å²) in [5, 5.41) is 3.22. The minimum atomic E-state index is -0.240. The monoisotopic (exact) mass is 362 g/mol. The highest BCUT2D eigenvalue weighted by Crippen LogP contribution is 2.16. The van der Waals surface area contributed by atoms with Crippen molar-refractivity contribution in [1.29, 1.82) is 0 Å². The second-order valence-electron chi connectivity index (χ2n) is 6.54. The number of amides is 1. The zero-order valence-corrected chi connectivity index (χ0v) is 16.0. The number of nitrogens with two attached hydrogens (primary N) is 1. The van der Waals surface area contributed by atoms with Gasteiger partial charge in [0.25, 0.3) is 0 Å². The molecule has 0 radical (unpaired) electrons. The van der Waals surface area contributed by atoms with Crippen molar-refractivity contribution >= 4 is 12.1 Å². The number of aryl methyl sites for hydroxylation is 2. The van der Waals surface area contributed by atoms with Gasteiger partial charge in [-0.05, 0) is 56.9 Å². The average Bonchev–Trinajstić information content (AvgIpc) is 2.59. The number of carbonyl (C=O) groups excluding carboxylic acids is 1. The van der Waals surface area contributed by atoms with Crippen LogP contribution in [0.2, 0.25) is 0 Å². The number of guanidine groups is 1. The number of nitrogens with zero attached hydrogens (tertiary/aromatic N) is 2. The van der Waals surface area contributed by atoms with Crippen LogP contribution in [0.1, 0.15) is 30.9 Å². The van der Waals surface area contributed by atoms with Gasteiger partial charge >= 0.3 is 6.09 Å². The van der Waals surface area contributed by atoms with Crippen LogP contribution in [-0.2, 0) is 4.74 Å². The van der Waals surface area contributed by atoms with Crippen molar-refractivity contribution in [2.24, 2.45) is 10.7 Å². The van der Waals surface area contributed by atoms with Crippen molar-refractivity contribution in [1.82, 2.24) is 10.2 Å². The van der Waals surface area contributed by atoms with Gasteiger partial charge in [0.05, 0.1) is 13.2 Å². The van der Waals surface area contributed by atoms with Gasteiger partial charge in [0.1, 0.15) is 12.4 Å². The fourth-order valence-corrected chi connectivity index (χ4v) is 3.02. The second kappa shape index (κ2) is 9.89. The predicted octanol–water partition coefficient (Wildman–Crippen LogP) is 2.21. The van der Waals surface area contributed by atoms with E-state index in [9.17, 15) is 4.79 Å². The number of likely N-dealkylation sites (tertiary alicyclic amines) is 1. The molecule has 0 aliphatic carbocycles. The summed E-state index contributed by atoms with van der Waals surface area (Å²) >= 11 is 0. The molecule has 3 N–H and O–H groups in total. The van der Waals surface area contributed by atoms with E-state index in [-0.39, 0.29) is 12.1 Å². The fraction of sp³-hybridized carbons (Fsp3) is 0.579. The maximum absolute atomic E-state index is 11.7. The van der Waals surface area contributed by atoms with Crippen molar-refractivity contribution in [2.45, 2.75) is 39.7 Å². The van der Waals surface area contributed by atoms with Crippen LogP contribution >= 0.6 is 0 Å². The van der Waals surface area contributed by atoms with Gasteiger partial charge in [0.2, 0.25) is 0 Å². The number of piperidine rings is 1. The molecule has 2 rings (SSSR count). The Bertz CT molecular complexity index is 605. The van der Waals surface area contributed by atoms with E-state index >= 15 is 0 Å². The van der Waals surface area contributed by atoms with Gasteiger partial charge in [-0.3, -0.25) is 0 Å². The molecule has 1 heterocycles. The fourth-order valence-electron chi connectivity index (χ4n) is 3.02. The Kier molecular flexibility index (Phi) is 7.56. The quantitative estimate of drug-likeness (QED) is 0.460. The number of hydrogen-bond acceptors (Lipinski definition) is 4. The van der Waals surface area contributed by atoms with Gasteiger partial charge in [-0.2, -0.15) is 0 Å². The molecule has 7 nitrogen and oxygen atoms in total.